The van der Waals surface area contributed by atoms with Crippen LogP contribution in [0.15, 0.2) is 24.3 Å². The zero-order valence-electron chi connectivity index (χ0n) is 21.7. The number of ketones is 1. The third-order valence-corrected chi connectivity index (χ3v) is 8.80. The highest BCUT2D eigenvalue weighted by molar-refractivity contribution is 5.84. The van der Waals surface area contributed by atoms with Gasteiger partial charge in [0.05, 0.1) is 12.1 Å². The molecule has 38 heavy (non-hydrogen) atoms. The van der Waals surface area contributed by atoms with Gasteiger partial charge in [0.25, 0.3) is 0 Å². The monoisotopic (exact) mass is 535 g/mol. The SMILES string of the molecule is O=C1CCN(C(=O)C2CCC(CN3CC4(CCN(Cc5ccc(C(F)(F)F)cc5)CC4)OC3=O)CC2)CC1. The molecular formula is C28H36F3N3O4. The number of carbonyl (C=O) groups is 3. The Kier molecular flexibility index (Phi) is 7.71. The third-order valence-electron chi connectivity index (χ3n) is 8.80. The number of halogens is 3. The van der Waals surface area contributed by atoms with Gasteiger partial charge in [0.15, 0.2) is 0 Å². The Hall–Kier alpha value is -2.62. The van der Waals surface area contributed by atoms with Gasteiger partial charge >= 0.3 is 12.3 Å². The predicted octanol–water partition coefficient (Wildman–Crippen LogP) is 4.49. The lowest BCUT2D eigenvalue weighted by Crippen LogP contribution is -2.47. The van der Waals surface area contributed by atoms with Gasteiger partial charge in [0.1, 0.15) is 11.4 Å². The van der Waals surface area contributed by atoms with E-state index in [0.29, 0.717) is 64.3 Å². The molecule has 1 aromatic carbocycles. The first-order chi connectivity index (χ1) is 18.1. The number of hydrogen-bond donors (Lipinski definition) is 0. The lowest BCUT2D eigenvalue weighted by atomic mass is 9.80. The van der Waals surface area contributed by atoms with Gasteiger partial charge in [-0.1, -0.05) is 12.1 Å². The van der Waals surface area contributed by atoms with Crippen molar-refractivity contribution in [3.05, 3.63) is 35.4 Å². The number of alkyl halides is 3. The van der Waals surface area contributed by atoms with E-state index in [1.54, 1.807) is 0 Å². The lowest BCUT2D eigenvalue weighted by molar-refractivity contribution is -0.140. The molecule has 1 spiro atoms. The van der Waals surface area contributed by atoms with Gasteiger partial charge in [0, 0.05) is 70.9 Å². The summed E-state index contributed by atoms with van der Waals surface area (Å²) < 4.78 is 44.3. The van der Waals surface area contributed by atoms with Gasteiger partial charge in [-0.2, -0.15) is 13.2 Å². The van der Waals surface area contributed by atoms with E-state index in [2.05, 4.69) is 4.90 Å². The van der Waals surface area contributed by atoms with Gasteiger partial charge in [-0.25, -0.2) is 4.79 Å². The highest BCUT2D eigenvalue weighted by atomic mass is 19.4. The molecule has 3 saturated heterocycles. The smallest absolute Gasteiger partial charge is 0.416 e. The molecule has 4 aliphatic rings. The fourth-order valence-electron chi connectivity index (χ4n) is 6.41. The molecule has 5 rings (SSSR count). The summed E-state index contributed by atoms with van der Waals surface area (Å²) in [5.74, 6) is 0.783. The molecule has 0 bridgehead atoms. The molecule has 2 amide bonds. The van der Waals surface area contributed by atoms with Gasteiger partial charge in [-0.15, -0.1) is 0 Å². The van der Waals surface area contributed by atoms with Crippen molar-refractivity contribution in [2.45, 2.75) is 69.7 Å². The molecular weight excluding hydrogens is 499 g/mol. The minimum absolute atomic E-state index is 0.0188. The molecule has 4 fully saturated rings. The maximum Gasteiger partial charge on any atom is 0.416 e. The lowest BCUT2D eigenvalue weighted by Gasteiger charge is -2.37. The number of amides is 2. The fourth-order valence-corrected chi connectivity index (χ4v) is 6.41. The summed E-state index contributed by atoms with van der Waals surface area (Å²) in [6, 6.07) is 5.30. The van der Waals surface area contributed by atoms with Crippen LogP contribution in [0.2, 0.25) is 0 Å². The maximum atomic E-state index is 12.8. The maximum absolute atomic E-state index is 12.8. The van der Waals surface area contributed by atoms with Crippen LogP contribution < -0.4 is 0 Å². The van der Waals surface area contributed by atoms with Crippen LogP contribution in [-0.4, -0.2) is 77.4 Å². The standard InChI is InChI=1S/C28H36F3N3O4/c29-28(30,31)23-7-3-20(4-8-23)17-32-15-11-27(12-16-32)19-34(26(37)38-27)18-21-1-5-22(6-2-21)25(36)33-13-9-24(35)10-14-33/h3-4,7-8,21-22H,1-2,5-6,9-19H2. The second kappa shape index (κ2) is 10.9. The normalized spacial score (nSPS) is 26.6. The van der Waals surface area contributed by atoms with E-state index in [0.717, 1.165) is 56.5 Å². The number of Topliss-reactive ketones (excluding diaryl/α,β-unsaturated/α-hetero) is 1. The van der Waals surface area contributed by atoms with Crippen molar-refractivity contribution in [3.63, 3.8) is 0 Å². The van der Waals surface area contributed by atoms with Gasteiger partial charge in [-0.05, 0) is 49.3 Å². The Bertz CT molecular complexity index is 1020. The van der Waals surface area contributed by atoms with Crippen LogP contribution in [0.4, 0.5) is 18.0 Å². The first kappa shape index (κ1) is 27.0. The Morgan fingerprint density at radius 3 is 2.18 bits per heavy atom. The highest BCUT2D eigenvalue weighted by Gasteiger charge is 2.47. The van der Waals surface area contributed by atoms with E-state index in [1.807, 2.05) is 9.80 Å². The molecule has 7 nitrogen and oxygen atoms in total. The van der Waals surface area contributed by atoms with Crippen LogP contribution in [-0.2, 0) is 27.0 Å². The minimum Gasteiger partial charge on any atom is -0.441 e. The number of piperidine rings is 2. The van der Waals surface area contributed by atoms with Crippen molar-refractivity contribution in [1.82, 2.24) is 14.7 Å². The summed E-state index contributed by atoms with van der Waals surface area (Å²) >= 11 is 0. The summed E-state index contributed by atoms with van der Waals surface area (Å²) in [5.41, 5.74) is -0.300. The number of likely N-dealkylation sites (tertiary alicyclic amines) is 2. The molecule has 3 heterocycles. The average Bonchev–Trinajstić information content (AvgIpc) is 3.20. The molecule has 3 aliphatic heterocycles. The van der Waals surface area contributed by atoms with Crippen LogP contribution >= 0.6 is 0 Å². The minimum atomic E-state index is -4.33. The first-order valence-electron chi connectivity index (χ1n) is 13.8. The van der Waals surface area contributed by atoms with Crippen LogP contribution in [0.1, 0.15) is 62.5 Å². The zero-order valence-corrected chi connectivity index (χ0v) is 21.7. The Labute approximate surface area is 221 Å². The van der Waals surface area contributed by atoms with Crippen molar-refractivity contribution in [2.75, 3.05) is 39.3 Å². The highest BCUT2D eigenvalue weighted by Crippen LogP contribution is 2.37. The summed E-state index contributed by atoms with van der Waals surface area (Å²) in [6.45, 7) is 4.31. The van der Waals surface area contributed by atoms with E-state index in [9.17, 15) is 27.6 Å². The largest absolute Gasteiger partial charge is 0.441 e. The molecule has 0 unspecified atom stereocenters. The number of ether oxygens (including phenoxy) is 1. The number of rotatable bonds is 5. The summed E-state index contributed by atoms with van der Waals surface area (Å²) in [4.78, 5) is 42.9. The van der Waals surface area contributed by atoms with Gasteiger partial charge in [0.2, 0.25) is 5.91 Å². The molecule has 0 radical (unpaired) electrons. The number of hydrogen-bond acceptors (Lipinski definition) is 5. The van der Waals surface area contributed by atoms with Gasteiger partial charge < -0.3 is 14.5 Å². The third kappa shape index (κ3) is 6.16. The topological polar surface area (TPSA) is 70.2 Å². The fraction of sp³-hybridized carbons (Fsp3) is 0.679. The molecule has 10 heteroatoms. The van der Waals surface area contributed by atoms with E-state index >= 15 is 0 Å². The molecule has 0 N–H and O–H groups in total. The van der Waals surface area contributed by atoms with Gasteiger partial charge in [-0.3, -0.25) is 14.5 Å². The van der Waals surface area contributed by atoms with E-state index in [1.165, 1.54) is 12.1 Å². The van der Waals surface area contributed by atoms with Crippen LogP contribution in [0.3, 0.4) is 0 Å². The predicted molar refractivity (Wildman–Crippen MR) is 133 cm³/mol. The van der Waals surface area contributed by atoms with Crippen molar-refractivity contribution < 1.29 is 32.3 Å². The van der Waals surface area contributed by atoms with Crippen LogP contribution in [0.25, 0.3) is 0 Å². The molecule has 208 valence electrons. The van der Waals surface area contributed by atoms with E-state index in [4.69, 9.17) is 4.74 Å². The van der Waals surface area contributed by atoms with Crippen LogP contribution in [0, 0.1) is 11.8 Å². The molecule has 1 aromatic rings. The number of carbonyl (C=O) groups excluding carboxylic acids is 3. The quantitative estimate of drug-likeness (QED) is 0.556. The van der Waals surface area contributed by atoms with Crippen LogP contribution in [0.5, 0.6) is 0 Å². The average molecular weight is 536 g/mol. The zero-order chi connectivity index (χ0) is 26.9. The second-order valence-electron chi connectivity index (χ2n) is 11.5. The molecule has 0 aromatic heterocycles. The van der Waals surface area contributed by atoms with E-state index < -0.39 is 17.3 Å². The van der Waals surface area contributed by atoms with Crippen molar-refractivity contribution in [3.8, 4) is 0 Å². The van der Waals surface area contributed by atoms with Crippen molar-refractivity contribution >= 4 is 17.8 Å². The Morgan fingerprint density at radius 1 is 0.947 bits per heavy atom. The Morgan fingerprint density at radius 2 is 1.58 bits per heavy atom. The summed E-state index contributed by atoms with van der Waals surface area (Å²) in [7, 11) is 0. The molecule has 1 aliphatic carbocycles. The summed E-state index contributed by atoms with van der Waals surface area (Å²) in [5, 5.41) is 0. The molecule has 1 saturated carbocycles. The van der Waals surface area contributed by atoms with Crippen molar-refractivity contribution in [2.24, 2.45) is 11.8 Å². The van der Waals surface area contributed by atoms with E-state index in [-0.39, 0.29) is 23.7 Å². The second-order valence-corrected chi connectivity index (χ2v) is 11.5. The number of benzene rings is 1. The Balaban J connectivity index is 1.06. The van der Waals surface area contributed by atoms with Crippen molar-refractivity contribution in [1.29, 1.82) is 0 Å². The molecule has 0 atom stereocenters. The number of nitrogens with zero attached hydrogens (tertiary/aromatic N) is 3. The first-order valence-corrected chi connectivity index (χ1v) is 13.8. The summed E-state index contributed by atoms with van der Waals surface area (Å²) in [6.07, 6.45) is 1.19.